The molecule has 0 saturated heterocycles. The van der Waals surface area contributed by atoms with E-state index in [9.17, 15) is 13.2 Å². The van der Waals surface area contributed by atoms with Crippen LogP contribution in [0.15, 0.2) is 51.6 Å². The summed E-state index contributed by atoms with van der Waals surface area (Å²) >= 11 is 1.28. The van der Waals surface area contributed by atoms with E-state index in [2.05, 4.69) is 9.71 Å². The van der Waals surface area contributed by atoms with Gasteiger partial charge in [-0.1, -0.05) is 18.2 Å². The molecule has 3 rings (SSSR count). The van der Waals surface area contributed by atoms with Crippen LogP contribution >= 0.6 is 11.3 Å². The Balaban J connectivity index is 2.17. The van der Waals surface area contributed by atoms with Gasteiger partial charge < -0.3 is 0 Å². The van der Waals surface area contributed by atoms with Crippen LogP contribution in [0, 0.1) is 6.92 Å². The largest absolute Gasteiger partial charge is 0.279 e. The van der Waals surface area contributed by atoms with Gasteiger partial charge in [-0.25, -0.2) is 13.4 Å². The van der Waals surface area contributed by atoms with Crippen molar-refractivity contribution < 1.29 is 8.42 Å². The van der Waals surface area contributed by atoms with Crippen molar-refractivity contribution in [2.75, 3.05) is 4.72 Å². The molecule has 1 aromatic carbocycles. The Bertz CT molecular complexity index is 959. The van der Waals surface area contributed by atoms with Gasteiger partial charge in [0.05, 0.1) is 5.69 Å². The van der Waals surface area contributed by atoms with E-state index in [-0.39, 0.29) is 10.6 Å². The first kappa shape index (κ1) is 13.8. The van der Waals surface area contributed by atoms with Gasteiger partial charge in [-0.15, -0.1) is 11.3 Å². The maximum absolute atomic E-state index is 12.4. The number of hydrogen-bond acceptors (Lipinski definition) is 5. The number of nitrogens with zero attached hydrogens (tertiary/aromatic N) is 2. The summed E-state index contributed by atoms with van der Waals surface area (Å²) in [7, 11) is -3.99. The molecule has 0 unspecified atom stereocenters. The third-order valence-corrected chi connectivity index (χ3v) is 5.16. The monoisotopic (exact) mass is 321 g/mol. The Kier molecular flexibility index (Phi) is 3.26. The van der Waals surface area contributed by atoms with E-state index in [0.29, 0.717) is 10.6 Å². The highest BCUT2D eigenvalue weighted by Gasteiger charge is 2.24. The van der Waals surface area contributed by atoms with E-state index in [1.54, 1.807) is 35.7 Å². The summed E-state index contributed by atoms with van der Waals surface area (Å²) in [6.45, 7) is 1.51. The number of benzene rings is 1. The predicted octanol–water partition coefficient (Wildman–Crippen LogP) is 1.87. The second kappa shape index (κ2) is 4.97. The van der Waals surface area contributed by atoms with E-state index >= 15 is 0 Å². The number of rotatable bonds is 3. The molecule has 0 saturated carbocycles. The van der Waals surface area contributed by atoms with Crippen molar-refractivity contribution in [2.24, 2.45) is 0 Å². The number of aryl methyl sites for hydroxylation is 1. The average molecular weight is 321 g/mol. The van der Waals surface area contributed by atoms with Gasteiger partial charge in [-0.3, -0.25) is 13.9 Å². The molecule has 0 aliphatic heterocycles. The standard InChI is InChI=1S/C13H11N3O3S2/c1-9-11(12(17)16-7-8-20-13(16)14-9)21(18,19)15-10-5-3-2-4-6-10/h2-8,15H,1H3. The lowest BCUT2D eigenvalue weighted by Crippen LogP contribution is -2.27. The highest BCUT2D eigenvalue weighted by molar-refractivity contribution is 7.92. The number of hydrogen-bond donors (Lipinski definition) is 1. The van der Waals surface area contributed by atoms with Crippen molar-refractivity contribution in [1.29, 1.82) is 0 Å². The lowest BCUT2D eigenvalue weighted by Gasteiger charge is -2.09. The lowest BCUT2D eigenvalue weighted by atomic mass is 10.3. The van der Waals surface area contributed by atoms with Gasteiger partial charge in [0.25, 0.3) is 15.6 Å². The molecule has 0 amide bonds. The minimum absolute atomic E-state index is 0.186. The van der Waals surface area contributed by atoms with E-state index in [4.69, 9.17) is 0 Å². The molecule has 3 aromatic rings. The molecule has 21 heavy (non-hydrogen) atoms. The summed E-state index contributed by atoms with van der Waals surface area (Å²) < 4.78 is 28.5. The molecule has 1 N–H and O–H groups in total. The summed E-state index contributed by atoms with van der Waals surface area (Å²) in [6, 6.07) is 8.41. The maximum Gasteiger partial charge on any atom is 0.279 e. The van der Waals surface area contributed by atoms with E-state index in [0.717, 1.165) is 0 Å². The molecule has 2 heterocycles. The van der Waals surface area contributed by atoms with Crippen molar-refractivity contribution in [2.45, 2.75) is 11.8 Å². The normalized spacial score (nSPS) is 11.7. The van der Waals surface area contributed by atoms with Gasteiger partial charge in [-0.2, -0.15) is 0 Å². The molecule has 8 heteroatoms. The van der Waals surface area contributed by atoms with Crippen LogP contribution in [0.25, 0.3) is 4.96 Å². The fourth-order valence-corrected chi connectivity index (χ4v) is 4.05. The summed E-state index contributed by atoms with van der Waals surface area (Å²) in [5.41, 5.74) is -0.0141. The number of nitrogens with one attached hydrogen (secondary N) is 1. The molecule has 0 fully saturated rings. The number of thiazole rings is 1. The molecule has 0 atom stereocenters. The van der Waals surface area contributed by atoms with Crippen molar-refractivity contribution in [3.05, 3.63) is 58.0 Å². The number of aromatic nitrogens is 2. The zero-order valence-corrected chi connectivity index (χ0v) is 12.6. The van der Waals surface area contributed by atoms with E-state index in [1.807, 2.05) is 0 Å². The first-order valence-corrected chi connectivity index (χ1v) is 8.39. The molecule has 2 aromatic heterocycles. The highest BCUT2D eigenvalue weighted by Crippen LogP contribution is 2.17. The summed E-state index contributed by atoms with van der Waals surface area (Å²) in [4.78, 5) is 16.7. The quantitative estimate of drug-likeness (QED) is 0.798. The average Bonchev–Trinajstić information content (AvgIpc) is 2.87. The first-order chi connectivity index (χ1) is 9.99. The fourth-order valence-electron chi connectivity index (χ4n) is 1.99. The van der Waals surface area contributed by atoms with Crippen LogP contribution in [0.4, 0.5) is 5.69 Å². The van der Waals surface area contributed by atoms with Gasteiger partial charge in [0.2, 0.25) is 0 Å². The highest BCUT2D eigenvalue weighted by atomic mass is 32.2. The number of fused-ring (bicyclic) bond motifs is 1. The minimum Gasteiger partial charge on any atom is -0.279 e. The molecule has 108 valence electrons. The number of anilines is 1. The zero-order chi connectivity index (χ0) is 15.0. The Morgan fingerprint density at radius 2 is 1.95 bits per heavy atom. The topological polar surface area (TPSA) is 80.5 Å². The fraction of sp³-hybridized carbons (Fsp3) is 0.0769. The van der Waals surface area contributed by atoms with Gasteiger partial charge in [0, 0.05) is 17.3 Å². The molecule has 6 nitrogen and oxygen atoms in total. The van der Waals surface area contributed by atoms with Gasteiger partial charge >= 0.3 is 0 Å². The minimum atomic E-state index is -3.99. The van der Waals surface area contributed by atoms with Crippen molar-refractivity contribution in [1.82, 2.24) is 9.38 Å². The summed E-state index contributed by atoms with van der Waals surface area (Å²) in [5, 5.41) is 1.68. The third kappa shape index (κ3) is 2.43. The van der Waals surface area contributed by atoms with E-state index in [1.165, 1.54) is 28.9 Å². The SMILES string of the molecule is Cc1nc2sccn2c(=O)c1S(=O)(=O)Nc1ccccc1. The van der Waals surface area contributed by atoms with Crippen molar-refractivity contribution >= 4 is 32.0 Å². The number of para-hydroxylation sites is 1. The Morgan fingerprint density at radius 1 is 1.24 bits per heavy atom. The van der Waals surface area contributed by atoms with Crippen LogP contribution in [0.3, 0.4) is 0 Å². The van der Waals surface area contributed by atoms with Crippen molar-refractivity contribution in [3.8, 4) is 0 Å². The second-order valence-electron chi connectivity index (χ2n) is 4.36. The van der Waals surface area contributed by atoms with Crippen LogP contribution in [0.2, 0.25) is 0 Å². The maximum atomic E-state index is 12.4. The van der Waals surface area contributed by atoms with Crippen LogP contribution in [-0.2, 0) is 10.0 Å². The number of sulfonamides is 1. The molecule has 0 spiro atoms. The Labute approximate surface area is 124 Å². The molecule has 0 radical (unpaired) electrons. The zero-order valence-electron chi connectivity index (χ0n) is 11.0. The summed E-state index contributed by atoms with van der Waals surface area (Å²) in [6.07, 6.45) is 1.51. The second-order valence-corrected chi connectivity index (χ2v) is 6.85. The Hall–Kier alpha value is -2.19. The molecule has 0 aliphatic rings. The predicted molar refractivity (Wildman–Crippen MR) is 81.3 cm³/mol. The lowest BCUT2D eigenvalue weighted by molar-refractivity contribution is 0.598. The molecule has 0 bridgehead atoms. The Morgan fingerprint density at radius 3 is 2.67 bits per heavy atom. The smallest absolute Gasteiger partial charge is 0.279 e. The van der Waals surface area contributed by atoms with E-state index < -0.39 is 15.6 Å². The first-order valence-electron chi connectivity index (χ1n) is 6.03. The van der Waals surface area contributed by atoms with Crippen molar-refractivity contribution in [3.63, 3.8) is 0 Å². The summed E-state index contributed by atoms with van der Waals surface area (Å²) in [5.74, 6) is 0. The van der Waals surface area contributed by atoms with Crippen LogP contribution in [-0.4, -0.2) is 17.8 Å². The van der Waals surface area contributed by atoms with Crippen LogP contribution in [0.1, 0.15) is 5.69 Å². The van der Waals surface area contributed by atoms with Crippen LogP contribution in [0.5, 0.6) is 0 Å². The molecular weight excluding hydrogens is 310 g/mol. The van der Waals surface area contributed by atoms with Gasteiger partial charge in [0.1, 0.15) is 0 Å². The van der Waals surface area contributed by atoms with Gasteiger partial charge in [-0.05, 0) is 19.1 Å². The third-order valence-electron chi connectivity index (χ3n) is 2.89. The van der Waals surface area contributed by atoms with Gasteiger partial charge in [0.15, 0.2) is 9.86 Å². The molecule has 0 aliphatic carbocycles. The van der Waals surface area contributed by atoms with Crippen LogP contribution < -0.4 is 10.3 Å². The molecular formula is C13H11N3O3S2.